The van der Waals surface area contributed by atoms with Crippen LogP contribution in [-0.2, 0) is 4.79 Å². The summed E-state index contributed by atoms with van der Waals surface area (Å²) < 4.78 is 0. The van der Waals surface area contributed by atoms with Crippen LogP contribution in [0.25, 0.3) is 0 Å². The molecule has 0 radical (unpaired) electrons. The second-order valence-corrected chi connectivity index (χ2v) is 7.49. The zero-order valence-corrected chi connectivity index (χ0v) is 18.6. The maximum Gasteiger partial charge on any atom is 0.244 e. The van der Waals surface area contributed by atoms with Gasteiger partial charge in [0.25, 0.3) is 0 Å². The molecule has 0 aromatic rings. The molecule has 2 N–H and O–H groups in total. The molecule has 0 aromatic carbocycles. The molecule has 0 unspecified atom stereocenters. The Hall–Kier alpha value is -2.65. The van der Waals surface area contributed by atoms with E-state index in [1.807, 2.05) is 62.5 Å². The highest BCUT2D eigenvalue weighted by molar-refractivity contribution is 5.88. The lowest BCUT2D eigenvalue weighted by Gasteiger charge is -2.14. The first-order chi connectivity index (χ1) is 14.5. The van der Waals surface area contributed by atoms with Crippen molar-refractivity contribution in [3.63, 3.8) is 0 Å². The van der Waals surface area contributed by atoms with Crippen LogP contribution in [0.15, 0.2) is 96.2 Å². The zero-order valence-electron chi connectivity index (χ0n) is 18.6. The first kappa shape index (κ1) is 25.4. The lowest BCUT2D eigenvalue weighted by molar-refractivity contribution is -0.117. The summed E-state index contributed by atoms with van der Waals surface area (Å²) in [5, 5.41) is 13.1. The lowest BCUT2D eigenvalue weighted by Crippen LogP contribution is -2.32. The second-order valence-electron chi connectivity index (χ2n) is 7.49. The molecule has 3 heteroatoms. The lowest BCUT2D eigenvalue weighted by atomic mass is 10.1. The van der Waals surface area contributed by atoms with Crippen LogP contribution in [0.5, 0.6) is 0 Å². The number of hydrogen-bond donors (Lipinski definition) is 2. The van der Waals surface area contributed by atoms with Gasteiger partial charge in [-0.1, -0.05) is 103 Å². The van der Waals surface area contributed by atoms with E-state index in [2.05, 4.69) is 30.5 Å². The molecule has 1 heterocycles. The van der Waals surface area contributed by atoms with E-state index in [1.165, 1.54) is 0 Å². The Balaban J connectivity index is 2.94. The summed E-state index contributed by atoms with van der Waals surface area (Å²) in [6, 6.07) is 0.0661. The Kier molecular flexibility index (Phi) is 13.7. The molecule has 0 aliphatic carbocycles. The van der Waals surface area contributed by atoms with Crippen LogP contribution in [0.3, 0.4) is 0 Å². The van der Waals surface area contributed by atoms with Gasteiger partial charge >= 0.3 is 0 Å². The van der Waals surface area contributed by atoms with Gasteiger partial charge in [0.05, 0.1) is 6.10 Å². The highest BCUT2D eigenvalue weighted by Crippen LogP contribution is 2.06. The molecular weight excluding hydrogens is 370 g/mol. The van der Waals surface area contributed by atoms with Gasteiger partial charge < -0.3 is 10.4 Å². The predicted molar refractivity (Wildman–Crippen MR) is 129 cm³/mol. The highest BCUT2D eigenvalue weighted by Gasteiger charge is 2.07. The number of aliphatic hydroxyl groups excluding tert-OH is 1. The molecule has 30 heavy (non-hydrogen) atoms. The predicted octanol–water partition coefficient (Wildman–Crippen LogP) is 6.05. The summed E-state index contributed by atoms with van der Waals surface area (Å²) in [6.07, 6.45) is 31.0. The molecule has 0 bridgehead atoms. The second kappa shape index (κ2) is 16.2. The van der Waals surface area contributed by atoms with Gasteiger partial charge in [-0.15, -0.1) is 0 Å². The van der Waals surface area contributed by atoms with E-state index >= 15 is 0 Å². The fraction of sp³-hybridized carbons (Fsp3) is 0.370. The largest absolute Gasteiger partial charge is 0.389 e. The number of carbonyl (C=O) groups excluding carboxylic acids is 1. The van der Waals surface area contributed by atoms with Gasteiger partial charge in [0.15, 0.2) is 0 Å². The summed E-state index contributed by atoms with van der Waals surface area (Å²) in [5.74, 6) is -0.0896. The third-order valence-corrected chi connectivity index (χ3v) is 4.51. The van der Waals surface area contributed by atoms with Crippen molar-refractivity contribution in [2.24, 2.45) is 0 Å². The van der Waals surface area contributed by atoms with Crippen LogP contribution in [0, 0.1) is 0 Å². The fourth-order valence-electron chi connectivity index (χ4n) is 2.73. The van der Waals surface area contributed by atoms with E-state index < -0.39 is 6.10 Å². The van der Waals surface area contributed by atoms with Crippen molar-refractivity contribution in [3.8, 4) is 0 Å². The van der Waals surface area contributed by atoms with Crippen LogP contribution >= 0.6 is 0 Å². The van der Waals surface area contributed by atoms with Crippen molar-refractivity contribution in [3.05, 3.63) is 96.2 Å². The molecule has 2 atom stereocenters. The van der Waals surface area contributed by atoms with Gasteiger partial charge in [-0.25, -0.2) is 0 Å². The first-order valence-corrected chi connectivity index (χ1v) is 10.8. The summed E-state index contributed by atoms with van der Waals surface area (Å²) in [4.78, 5) is 12.3. The normalized spacial score (nSPS) is 30.9. The summed E-state index contributed by atoms with van der Waals surface area (Å²) >= 11 is 0. The van der Waals surface area contributed by atoms with Crippen molar-refractivity contribution in [1.29, 1.82) is 0 Å². The fourth-order valence-corrected chi connectivity index (χ4v) is 2.73. The van der Waals surface area contributed by atoms with E-state index in [1.54, 1.807) is 18.2 Å². The van der Waals surface area contributed by atoms with Crippen molar-refractivity contribution >= 4 is 5.91 Å². The van der Waals surface area contributed by atoms with Crippen LogP contribution < -0.4 is 5.32 Å². The first-order valence-electron chi connectivity index (χ1n) is 10.8. The number of carbonyl (C=O) groups is 1. The zero-order chi connectivity index (χ0) is 22.0. The van der Waals surface area contributed by atoms with Crippen LogP contribution in [-0.4, -0.2) is 23.2 Å². The summed E-state index contributed by atoms with van der Waals surface area (Å²) in [5.41, 5.74) is 2.16. The monoisotopic (exact) mass is 407 g/mol. The SMILES string of the molecule is CCC/C=C/C[C@@H]1C\C=C/C=C(C)\C=C/C=C\[C@H](O)C\C=C(C)/C=C\C=C/C(=O)N1. The molecule has 1 aliphatic heterocycles. The van der Waals surface area contributed by atoms with Gasteiger partial charge in [-0.05, 0) is 39.5 Å². The van der Waals surface area contributed by atoms with Crippen LogP contribution in [0.2, 0.25) is 0 Å². The topological polar surface area (TPSA) is 49.3 Å². The van der Waals surface area contributed by atoms with Gasteiger partial charge in [0.2, 0.25) is 5.91 Å². The Morgan fingerprint density at radius 2 is 1.73 bits per heavy atom. The minimum absolute atomic E-state index is 0.0661. The van der Waals surface area contributed by atoms with E-state index in [0.29, 0.717) is 6.42 Å². The summed E-state index contributed by atoms with van der Waals surface area (Å²) in [7, 11) is 0. The van der Waals surface area contributed by atoms with E-state index in [0.717, 1.165) is 36.8 Å². The van der Waals surface area contributed by atoms with Crippen LogP contribution in [0.4, 0.5) is 0 Å². The van der Waals surface area contributed by atoms with Gasteiger partial charge in [0, 0.05) is 12.1 Å². The van der Waals surface area contributed by atoms with Crippen molar-refractivity contribution in [2.75, 3.05) is 0 Å². The molecule has 0 saturated heterocycles. The third kappa shape index (κ3) is 13.5. The molecule has 3 nitrogen and oxygen atoms in total. The Bertz CT molecular complexity index is 745. The molecule has 0 spiro atoms. The minimum atomic E-state index is -0.516. The van der Waals surface area contributed by atoms with Gasteiger partial charge in [-0.2, -0.15) is 0 Å². The Morgan fingerprint density at radius 1 is 1.00 bits per heavy atom. The number of rotatable bonds is 4. The number of unbranched alkanes of at least 4 members (excludes halogenated alkanes) is 1. The maximum absolute atomic E-state index is 12.3. The molecule has 1 amide bonds. The average molecular weight is 408 g/mol. The van der Waals surface area contributed by atoms with E-state index in [-0.39, 0.29) is 11.9 Å². The number of aliphatic hydroxyl groups is 1. The molecule has 1 rings (SSSR count). The van der Waals surface area contributed by atoms with Gasteiger partial charge in [-0.3, -0.25) is 4.79 Å². The molecular formula is C27H37NO2. The average Bonchev–Trinajstić information content (AvgIpc) is 2.72. The van der Waals surface area contributed by atoms with Crippen molar-refractivity contribution in [1.82, 2.24) is 5.32 Å². The molecule has 162 valence electrons. The van der Waals surface area contributed by atoms with Crippen LogP contribution in [0.1, 0.15) is 52.9 Å². The molecule has 0 saturated carbocycles. The minimum Gasteiger partial charge on any atom is -0.389 e. The summed E-state index contributed by atoms with van der Waals surface area (Å²) in [6.45, 7) is 6.17. The number of nitrogens with one attached hydrogen (secondary N) is 1. The quantitative estimate of drug-likeness (QED) is 0.558. The smallest absolute Gasteiger partial charge is 0.244 e. The van der Waals surface area contributed by atoms with Gasteiger partial charge in [0.1, 0.15) is 0 Å². The highest BCUT2D eigenvalue weighted by atomic mass is 16.3. The Labute approximate surface area is 182 Å². The molecule has 0 aromatic heterocycles. The van der Waals surface area contributed by atoms with Crippen molar-refractivity contribution < 1.29 is 9.90 Å². The number of allylic oxidation sites excluding steroid dienone is 11. The van der Waals surface area contributed by atoms with E-state index in [4.69, 9.17) is 0 Å². The number of amides is 1. The third-order valence-electron chi connectivity index (χ3n) is 4.51. The maximum atomic E-state index is 12.3. The molecule has 0 fully saturated rings. The van der Waals surface area contributed by atoms with E-state index in [9.17, 15) is 9.90 Å². The molecule has 1 aliphatic rings. The van der Waals surface area contributed by atoms with Crippen molar-refractivity contribution in [2.45, 2.75) is 65.0 Å². The standard InChI is InChI=1S/C27H37NO2/c1-4-5-6-7-17-25-18-11-8-14-23(2)15-9-12-19-26(29)22-21-24(3)16-10-13-20-27(30)28-25/h6-16,19-21,25-26,29H,4-5,17-18,22H2,1-3H3,(H,28,30)/b7-6+,11-8-,15-9-,16-10-,19-12-,20-13-,23-14-,24-21-/t25-,26+/m1/s1. The number of hydrogen-bond acceptors (Lipinski definition) is 2. The Morgan fingerprint density at radius 3 is 2.53 bits per heavy atom.